The lowest BCUT2D eigenvalue weighted by atomic mass is 10.1. The molecule has 0 heterocycles. The maximum absolute atomic E-state index is 10.3. The van der Waals surface area contributed by atoms with Crippen molar-refractivity contribution in [2.45, 2.75) is 44.9 Å². The first kappa shape index (κ1) is 14.2. The van der Waals surface area contributed by atoms with Crippen LogP contribution >= 0.6 is 11.6 Å². The molecule has 1 N–H and O–H groups in total. The number of rotatable bonds is 9. The zero-order valence-corrected chi connectivity index (χ0v) is 9.99. The average molecular weight is 243 g/mol. The lowest BCUT2D eigenvalue weighted by Gasteiger charge is -1.99. The van der Waals surface area contributed by atoms with Crippen LogP contribution in [0.1, 0.15) is 44.9 Å². The summed E-state index contributed by atoms with van der Waals surface area (Å²) in [7, 11) is -3.74. The molecule has 0 unspecified atom stereocenters. The molecule has 0 spiro atoms. The van der Waals surface area contributed by atoms with Crippen molar-refractivity contribution in [3.8, 4) is 0 Å². The summed E-state index contributed by atoms with van der Waals surface area (Å²) in [6.07, 6.45) is 6.99. The molecule has 0 fully saturated rings. The molecule has 0 atom stereocenters. The Morgan fingerprint density at radius 3 is 1.71 bits per heavy atom. The molecule has 0 rings (SSSR count). The van der Waals surface area contributed by atoms with Crippen molar-refractivity contribution in [3.05, 3.63) is 0 Å². The van der Waals surface area contributed by atoms with Gasteiger partial charge in [0.15, 0.2) is 0 Å². The van der Waals surface area contributed by atoms with Crippen LogP contribution < -0.4 is 0 Å². The van der Waals surface area contributed by atoms with Crippen molar-refractivity contribution in [3.63, 3.8) is 0 Å². The molecule has 0 saturated heterocycles. The van der Waals surface area contributed by atoms with Crippen molar-refractivity contribution < 1.29 is 13.0 Å². The summed E-state index contributed by atoms with van der Waals surface area (Å²) in [4.78, 5) is 0. The predicted molar refractivity (Wildman–Crippen MR) is 59.5 cm³/mol. The fourth-order valence-corrected chi connectivity index (χ4v) is 2.02. The van der Waals surface area contributed by atoms with Gasteiger partial charge >= 0.3 is 0 Å². The van der Waals surface area contributed by atoms with E-state index in [1.54, 1.807) is 0 Å². The van der Waals surface area contributed by atoms with E-state index in [9.17, 15) is 8.42 Å². The standard InChI is InChI=1S/C9H19ClO3S/c10-8-6-4-2-1-3-5-7-9-14(11,12)13/h1-9H2,(H,11,12,13). The molecule has 0 aliphatic rings. The van der Waals surface area contributed by atoms with E-state index in [0.29, 0.717) is 6.42 Å². The molecule has 0 aliphatic heterocycles. The maximum atomic E-state index is 10.3. The van der Waals surface area contributed by atoms with E-state index >= 15 is 0 Å². The Balaban J connectivity index is 3.07. The Morgan fingerprint density at radius 1 is 0.857 bits per heavy atom. The quantitative estimate of drug-likeness (QED) is 0.384. The van der Waals surface area contributed by atoms with Gasteiger partial charge < -0.3 is 0 Å². The normalized spacial score (nSPS) is 11.9. The first-order valence-corrected chi connectivity index (χ1v) is 7.22. The van der Waals surface area contributed by atoms with Gasteiger partial charge in [0.2, 0.25) is 0 Å². The molecule has 0 aromatic heterocycles. The maximum Gasteiger partial charge on any atom is 0.264 e. The minimum absolute atomic E-state index is 0.103. The number of hydrogen-bond donors (Lipinski definition) is 1. The van der Waals surface area contributed by atoms with Crippen LogP contribution in [0.3, 0.4) is 0 Å². The van der Waals surface area contributed by atoms with E-state index < -0.39 is 10.1 Å². The van der Waals surface area contributed by atoms with Gasteiger partial charge in [-0.25, -0.2) is 0 Å². The Hall–Kier alpha value is 0.200. The summed E-state index contributed by atoms with van der Waals surface area (Å²) in [5, 5.41) is 0. The molecule has 3 nitrogen and oxygen atoms in total. The van der Waals surface area contributed by atoms with E-state index in [1.807, 2.05) is 0 Å². The SMILES string of the molecule is O=S(=O)(O)CCCCCCCCCCl. The van der Waals surface area contributed by atoms with Crippen LogP contribution in [0, 0.1) is 0 Å². The minimum Gasteiger partial charge on any atom is -0.286 e. The van der Waals surface area contributed by atoms with Crippen LogP contribution in [-0.2, 0) is 10.1 Å². The third-order valence-electron chi connectivity index (χ3n) is 2.04. The van der Waals surface area contributed by atoms with E-state index in [1.165, 1.54) is 6.42 Å². The molecule has 0 aliphatic carbocycles. The van der Waals surface area contributed by atoms with E-state index in [2.05, 4.69) is 0 Å². The second-order valence-corrected chi connectivity index (χ2v) is 5.40. The molecular formula is C9H19ClO3S. The fourth-order valence-electron chi connectivity index (χ4n) is 1.26. The average Bonchev–Trinajstić information content (AvgIpc) is 2.08. The van der Waals surface area contributed by atoms with E-state index in [4.69, 9.17) is 16.2 Å². The molecular weight excluding hydrogens is 224 g/mol. The van der Waals surface area contributed by atoms with Gasteiger partial charge in [-0.1, -0.05) is 32.1 Å². The second kappa shape index (κ2) is 8.50. The van der Waals surface area contributed by atoms with Crippen molar-refractivity contribution in [2.24, 2.45) is 0 Å². The lowest BCUT2D eigenvalue weighted by Crippen LogP contribution is -2.03. The zero-order chi connectivity index (χ0) is 10.9. The highest BCUT2D eigenvalue weighted by Crippen LogP contribution is 2.08. The molecule has 0 aromatic rings. The number of hydrogen-bond acceptors (Lipinski definition) is 2. The highest BCUT2D eigenvalue weighted by atomic mass is 35.5. The second-order valence-electron chi connectivity index (χ2n) is 3.45. The van der Waals surface area contributed by atoms with Gasteiger partial charge in [0.05, 0.1) is 5.75 Å². The Bertz CT molecular complexity index is 214. The predicted octanol–water partition coefficient (Wildman–Crippen LogP) is 2.84. The van der Waals surface area contributed by atoms with Gasteiger partial charge in [-0.3, -0.25) is 4.55 Å². The zero-order valence-electron chi connectivity index (χ0n) is 8.41. The van der Waals surface area contributed by atoms with Crippen molar-refractivity contribution >= 4 is 21.7 Å². The molecule has 0 amide bonds. The molecule has 0 radical (unpaired) electrons. The molecule has 0 bridgehead atoms. The summed E-state index contributed by atoms with van der Waals surface area (Å²) in [6.45, 7) is 0. The summed E-state index contributed by atoms with van der Waals surface area (Å²) < 4.78 is 29.1. The highest BCUT2D eigenvalue weighted by molar-refractivity contribution is 7.85. The highest BCUT2D eigenvalue weighted by Gasteiger charge is 2.02. The molecule has 86 valence electrons. The Labute approximate surface area is 91.6 Å². The van der Waals surface area contributed by atoms with Crippen molar-refractivity contribution in [1.82, 2.24) is 0 Å². The first-order chi connectivity index (χ1) is 6.56. The molecule has 0 aromatic carbocycles. The van der Waals surface area contributed by atoms with Crippen molar-refractivity contribution in [2.75, 3.05) is 11.6 Å². The van der Waals surface area contributed by atoms with Gasteiger partial charge in [-0.2, -0.15) is 8.42 Å². The molecule has 0 saturated carbocycles. The molecule has 14 heavy (non-hydrogen) atoms. The van der Waals surface area contributed by atoms with Gasteiger partial charge in [0.1, 0.15) is 0 Å². The van der Waals surface area contributed by atoms with Crippen LogP contribution in [0.5, 0.6) is 0 Å². The third kappa shape index (κ3) is 12.2. The molecule has 5 heteroatoms. The lowest BCUT2D eigenvalue weighted by molar-refractivity contribution is 0.478. The smallest absolute Gasteiger partial charge is 0.264 e. The van der Waals surface area contributed by atoms with Crippen LogP contribution in [0.2, 0.25) is 0 Å². The van der Waals surface area contributed by atoms with E-state index in [-0.39, 0.29) is 5.75 Å². The van der Waals surface area contributed by atoms with Crippen molar-refractivity contribution in [1.29, 1.82) is 0 Å². The Morgan fingerprint density at radius 2 is 1.29 bits per heavy atom. The minimum atomic E-state index is -3.74. The van der Waals surface area contributed by atoms with Gasteiger partial charge in [-0.05, 0) is 12.8 Å². The fraction of sp³-hybridized carbons (Fsp3) is 1.00. The summed E-state index contributed by atoms with van der Waals surface area (Å²) >= 11 is 5.52. The van der Waals surface area contributed by atoms with Crippen LogP contribution in [0.25, 0.3) is 0 Å². The number of halogens is 1. The van der Waals surface area contributed by atoms with Gasteiger partial charge in [-0.15, -0.1) is 11.6 Å². The van der Waals surface area contributed by atoms with Gasteiger partial charge in [0, 0.05) is 5.88 Å². The van der Waals surface area contributed by atoms with E-state index in [0.717, 1.165) is 38.0 Å². The first-order valence-electron chi connectivity index (χ1n) is 5.07. The summed E-state index contributed by atoms with van der Waals surface area (Å²) in [5.74, 6) is 0.622. The monoisotopic (exact) mass is 242 g/mol. The largest absolute Gasteiger partial charge is 0.286 e. The third-order valence-corrected chi connectivity index (χ3v) is 3.11. The van der Waals surface area contributed by atoms with Crippen LogP contribution in [0.15, 0.2) is 0 Å². The number of alkyl halides is 1. The summed E-state index contributed by atoms with van der Waals surface area (Å²) in [6, 6.07) is 0. The van der Waals surface area contributed by atoms with Crippen LogP contribution in [0.4, 0.5) is 0 Å². The summed E-state index contributed by atoms with van der Waals surface area (Å²) in [5.41, 5.74) is 0. The number of unbranched alkanes of at least 4 members (excludes halogenated alkanes) is 6. The van der Waals surface area contributed by atoms with Crippen LogP contribution in [-0.4, -0.2) is 24.6 Å². The Kier molecular flexibility index (Phi) is 8.63. The van der Waals surface area contributed by atoms with Gasteiger partial charge in [0.25, 0.3) is 10.1 Å². The topological polar surface area (TPSA) is 54.4 Å².